The standard InChI is InChI=1S/C12H16N2OS/c1-4-9(8(3)15)11-10-5-7(2)16-12(10)14-6-13-11/h5-6,8-9,15H,4H2,1-3H3. The van der Waals surface area contributed by atoms with E-state index in [0.717, 1.165) is 22.3 Å². The predicted octanol–water partition coefficient (Wildman–Crippen LogP) is 2.87. The SMILES string of the molecule is CCC(c1ncnc2sc(C)cc12)C(C)O. The van der Waals surface area contributed by atoms with Crippen LogP contribution in [0.4, 0.5) is 0 Å². The van der Waals surface area contributed by atoms with E-state index in [1.807, 2.05) is 6.92 Å². The molecule has 2 aromatic rings. The second-order valence-corrected chi connectivity index (χ2v) is 5.32. The first kappa shape index (κ1) is 11.5. The lowest BCUT2D eigenvalue weighted by Crippen LogP contribution is -2.15. The molecule has 1 N–H and O–H groups in total. The fourth-order valence-electron chi connectivity index (χ4n) is 2.05. The molecule has 0 aliphatic rings. The molecule has 0 spiro atoms. The van der Waals surface area contributed by atoms with Crippen LogP contribution >= 0.6 is 11.3 Å². The molecule has 0 saturated heterocycles. The minimum absolute atomic E-state index is 0.0968. The second-order valence-electron chi connectivity index (χ2n) is 4.09. The summed E-state index contributed by atoms with van der Waals surface area (Å²) in [6, 6.07) is 2.11. The number of hydrogen-bond acceptors (Lipinski definition) is 4. The van der Waals surface area contributed by atoms with Crippen LogP contribution in [-0.2, 0) is 0 Å². The fourth-order valence-corrected chi connectivity index (χ4v) is 2.91. The number of rotatable bonds is 3. The second kappa shape index (κ2) is 4.47. The summed E-state index contributed by atoms with van der Waals surface area (Å²) in [7, 11) is 0. The lowest BCUT2D eigenvalue weighted by Gasteiger charge is -2.17. The third-order valence-electron chi connectivity index (χ3n) is 2.86. The van der Waals surface area contributed by atoms with Crippen molar-refractivity contribution in [1.82, 2.24) is 9.97 Å². The van der Waals surface area contributed by atoms with Crippen LogP contribution < -0.4 is 0 Å². The molecule has 2 aromatic heterocycles. The zero-order valence-corrected chi connectivity index (χ0v) is 10.6. The summed E-state index contributed by atoms with van der Waals surface area (Å²) in [6.07, 6.45) is 2.11. The van der Waals surface area contributed by atoms with Crippen LogP contribution in [0.1, 0.15) is 36.8 Å². The molecule has 4 heteroatoms. The zero-order chi connectivity index (χ0) is 11.7. The minimum Gasteiger partial charge on any atom is -0.393 e. The van der Waals surface area contributed by atoms with Crippen LogP contribution in [0.5, 0.6) is 0 Å². The summed E-state index contributed by atoms with van der Waals surface area (Å²) >= 11 is 1.67. The molecule has 0 aromatic carbocycles. The van der Waals surface area contributed by atoms with Gasteiger partial charge in [0, 0.05) is 16.2 Å². The molecule has 0 aliphatic carbocycles. The summed E-state index contributed by atoms with van der Waals surface area (Å²) in [5, 5.41) is 10.9. The number of aromatic nitrogens is 2. The van der Waals surface area contributed by atoms with Gasteiger partial charge in [-0.15, -0.1) is 11.3 Å². The molecule has 2 unspecified atom stereocenters. The van der Waals surface area contributed by atoms with Gasteiger partial charge in [0.05, 0.1) is 11.8 Å². The Kier molecular flexibility index (Phi) is 3.21. The van der Waals surface area contributed by atoms with Crippen molar-refractivity contribution in [2.75, 3.05) is 0 Å². The maximum absolute atomic E-state index is 9.77. The summed E-state index contributed by atoms with van der Waals surface area (Å²) < 4.78 is 0. The van der Waals surface area contributed by atoms with E-state index in [1.54, 1.807) is 17.7 Å². The van der Waals surface area contributed by atoms with Crippen molar-refractivity contribution < 1.29 is 5.11 Å². The number of aryl methyl sites for hydroxylation is 1. The van der Waals surface area contributed by atoms with Gasteiger partial charge in [-0.05, 0) is 26.3 Å². The van der Waals surface area contributed by atoms with Crippen LogP contribution in [0.3, 0.4) is 0 Å². The molecule has 2 atom stereocenters. The van der Waals surface area contributed by atoms with Crippen LogP contribution in [0.15, 0.2) is 12.4 Å². The molecular formula is C12H16N2OS. The highest BCUT2D eigenvalue weighted by atomic mass is 32.1. The molecule has 16 heavy (non-hydrogen) atoms. The average molecular weight is 236 g/mol. The highest BCUT2D eigenvalue weighted by Gasteiger charge is 2.20. The van der Waals surface area contributed by atoms with E-state index >= 15 is 0 Å². The third-order valence-corrected chi connectivity index (χ3v) is 3.82. The molecule has 3 nitrogen and oxygen atoms in total. The van der Waals surface area contributed by atoms with Crippen LogP contribution in [-0.4, -0.2) is 21.2 Å². The number of thiophene rings is 1. The topological polar surface area (TPSA) is 46.0 Å². The van der Waals surface area contributed by atoms with Gasteiger partial charge in [-0.3, -0.25) is 0 Å². The number of aliphatic hydroxyl groups excluding tert-OH is 1. The maximum atomic E-state index is 9.77. The van der Waals surface area contributed by atoms with E-state index in [-0.39, 0.29) is 12.0 Å². The largest absolute Gasteiger partial charge is 0.393 e. The third kappa shape index (κ3) is 1.95. The van der Waals surface area contributed by atoms with Crippen LogP contribution in [0.25, 0.3) is 10.2 Å². The van der Waals surface area contributed by atoms with Gasteiger partial charge in [0.15, 0.2) is 0 Å². The van der Waals surface area contributed by atoms with Crippen molar-refractivity contribution in [3.8, 4) is 0 Å². The average Bonchev–Trinajstić information content (AvgIpc) is 2.59. The summed E-state index contributed by atoms with van der Waals surface area (Å²) in [4.78, 5) is 10.9. The highest BCUT2D eigenvalue weighted by molar-refractivity contribution is 7.18. The lowest BCUT2D eigenvalue weighted by atomic mass is 9.95. The normalized spacial score (nSPS) is 15.2. The Morgan fingerprint density at radius 1 is 1.44 bits per heavy atom. The van der Waals surface area contributed by atoms with E-state index in [2.05, 4.69) is 29.9 Å². The number of fused-ring (bicyclic) bond motifs is 1. The van der Waals surface area contributed by atoms with Gasteiger partial charge in [-0.1, -0.05) is 6.92 Å². The number of aliphatic hydroxyl groups is 1. The van der Waals surface area contributed by atoms with E-state index in [0.29, 0.717) is 0 Å². The quantitative estimate of drug-likeness (QED) is 0.891. The Morgan fingerprint density at radius 2 is 2.19 bits per heavy atom. The molecule has 0 bridgehead atoms. The maximum Gasteiger partial charge on any atom is 0.127 e. The minimum atomic E-state index is -0.372. The monoisotopic (exact) mass is 236 g/mol. The van der Waals surface area contributed by atoms with Crippen molar-refractivity contribution in [3.63, 3.8) is 0 Å². The molecule has 86 valence electrons. The Labute approximate surface area is 99.2 Å². The van der Waals surface area contributed by atoms with Crippen LogP contribution in [0, 0.1) is 6.92 Å². The molecule has 2 rings (SSSR count). The van der Waals surface area contributed by atoms with Crippen molar-refractivity contribution >= 4 is 21.6 Å². The molecular weight excluding hydrogens is 220 g/mol. The van der Waals surface area contributed by atoms with Crippen molar-refractivity contribution in [2.45, 2.75) is 39.2 Å². The highest BCUT2D eigenvalue weighted by Crippen LogP contribution is 2.31. The van der Waals surface area contributed by atoms with Gasteiger partial charge in [-0.2, -0.15) is 0 Å². The zero-order valence-electron chi connectivity index (χ0n) is 9.77. The molecule has 0 saturated carbocycles. The first-order valence-electron chi connectivity index (χ1n) is 5.52. The summed E-state index contributed by atoms with van der Waals surface area (Å²) in [5.41, 5.74) is 0.979. The van der Waals surface area contributed by atoms with Gasteiger partial charge in [0.25, 0.3) is 0 Å². The first-order valence-corrected chi connectivity index (χ1v) is 6.34. The van der Waals surface area contributed by atoms with E-state index < -0.39 is 0 Å². The molecule has 0 radical (unpaired) electrons. The molecule has 0 aliphatic heterocycles. The van der Waals surface area contributed by atoms with Crippen molar-refractivity contribution in [1.29, 1.82) is 0 Å². The van der Waals surface area contributed by atoms with E-state index in [1.165, 1.54) is 4.88 Å². The van der Waals surface area contributed by atoms with Gasteiger partial charge in [0.2, 0.25) is 0 Å². The Hall–Kier alpha value is -1.00. The van der Waals surface area contributed by atoms with Gasteiger partial charge >= 0.3 is 0 Å². The summed E-state index contributed by atoms with van der Waals surface area (Å²) in [6.45, 7) is 5.96. The van der Waals surface area contributed by atoms with Gasteiger partial charge < -0.3 is 5.11 Å². The first-order chi connectivity index (χ1) is 7.63. The molecule has 0 amide bonds. The smallest absolute Gasteiger partial charge is 0.127 e. The van der Waals surface area contributed by atoms with Crippen LogP contribution in [0.2, 0.25) is 0 Å². The van der Waals surface area contributed by atoms with E-state index in [4.69, 9.17) is 0 Å². The van der Waals surface area contributed by atoms with E-state index in [9.17, 15) is 5.11 Å². The predicted molar refractivity (Wildman–Crippen MR) is 66.9 cm³/mol. The Balaban J connectivity index is 2.58. The van der Waals surface area contributed by atoms with Crippen molar-refractivity contribution in [3.05, 3.63) is 23.0 Å². The number of hydrogen-bond donors (Lipinski definition) is 1. The Bertz CT molecular complexity index is 493. The number of nitrogens with zero attached hydrogens (tertiary/aromatic N) is 2. The fraction of sp³-hybridized carbons (Fsp3) is 0.500. The molecule has 2 heterocycles. The van der Waals surface area contributed by atoms with Gasteiger partial charge in [-0.25, -0.2) is 9.97 Å². The molecule has 0 fully saturated rings. The Morgan fingerprint density at radius 3 is 2.81 bits per heavy atom. The summed E-state index contributed by atoms with van der Waals surface area (Å²) in [5.74, 6) is 0.0968. The lowest BCUT2D eigenvalue weighted by molar-refractivity contribution is 0.158. The van der Waals surface area contributed by atoms with Gasteiger partial charge in [0.1, 0.15) is 11.2 Å². The van der Waals surface area contributed by atoms with Crippen molar-refractivity contribution in [2.24, 2.45) is 0 Å².